The first-order valence-corrected chi connectivity index (χ1v) is 12.1. The molecule has 1 fully saturated rings. The minimum Gasteiger partial charge on any atom is -0.461 e. The third-order valence-corrected chi connectivity index (χ3v) is 7.04. The zero-order valence-electron chi connectivity index (χ0n) is 17.6. The van der Waals surface area contributed by atoms with E-state index >= 15 is 0 Å². The number of nitrogens with one attached hydrogen (secondary N) is 1. The summed E-state index contributed by atoms with van der Waals surface area (Å²) >= 11 is 0. The second-order valence-electron chi connectivity index (χ2n) is 7.47. The Labute approximate surface area is 182 Å². The monoisotopic (exact) mass is 449 g/mol. The van der Waals surface area contributed by atoms with Crippen LogP contribution in [0, 0.1) is 5.82 Å². The van der Waals surface area contributed by atoms with Crippen LogP contribution in [-0.4, -0.2) is 55.7 Å². The van der Waals surface area contributed by atoms with Gasteiger partial charge in [0.2, 0.25) is 10.0 Å². The first-order valence-electron chi connectivity index (χ1n) is 10.5. The number of halogens is 1. The highest BCUT2D eigenvalue weighted by Crippen LogP contribution is 2.20. The lowest BCUT2D eigenvalue weighted by atomic mass is 10.1. The van der Waals surface area contributed by atoms with Gasteiger partial charge in [0.1, 0.15) is 5.82 Å². The van der Waals surface area contributed by atoms with Crippen LogP contribution in [0.2, 0.25) is 0 Å². The average molecular weight is 450 g/mol. The first-order chi connectivity index (χ1) is 14.9. The van der Waals surface area contributed by atoms with Crippen molar-refractivity contribution in [3.8, 4) is 0 Å². The summed E-state index contributed by atoms with van der Waals surface area (Å²) in [4.78, 5) is 16.5. The summed E-state index contributed by atoms with van der Waals surface area (Å²) in [6, 6.07) is 8.00. The largest absolute Gasteiger partial charge is 0.461 e. The number of pyridine rings is 1. The highest BCUT2D eigenvalue weighted by Gasteiger charge is 2.24. The van der Waals surface area contributed by atoms with Crippen LogP contribution in [0.1, 0.15) is 47.8 Å². The van der Waals surface area contributed by atoms with Gasteiger partial charge in [-0.15, -0.1) is 0 Å². The summed E-state index contributed by atoms with van der Waals surface area (Å²) in [6.45, 7) is 3.51. The number of aromatic nitrogens is 1. The van der Waals surface area contributed by atoms with Crippen molar-refractivity contribution in [2.24, 2.45) is 0 Å². The fraction of sp³-hybridized carbons (Fsp3) is 0.455. The zero-order chi connectivity index (χ0) is 22.3. The highest BCUT2D eigenvalue weighted by molar-refractivity contribution is 7.89. The Morgan fingerprint density at radius 1 is 1.19 bits per heavy atom. The number of ether oxygens (including phenoxy) is 1. The van der Waals surface area contributed by atoms with Crippen molar-refractivity contribution in [2.45, 2.75) is 32.6 Å². The van der Waals surface area contributed by atoms with Gasteiger partial charge in [0.15, 0.2) is 5.69 Å². The number of hydrogen-bond acceptors (Lipinski definition) is 6. The van der Waals surface area contributed by atoms with E-state index < -0.39 is 16.0 Å². The Hall–Kier alpha value is -2.52. The predicted molar refractivity (Wildman–Crippen MR) is 117 cm³/mol. The predicted octanol–water partition coefficient (Wildman–Crippen LogP) is 3.22. The van der Waals surface area contributed by atoms with Gasteiger partial charge in [0.25, 0.3) is 0 Å². The summed E-state index contributed by atoms with van der Waals surface area (Å²) in [5.41, 5.74) is 2.41. The molecule has 9 heteroatoms. The van der Waals surface area contributed by atoms with Crippen LogP contribution < -0.4 is 5.32 Å². The van der Waals surface area contributed by atoms with Gasteiger partial charge in [-0.25, -0.2) is 26.9 Å². The van der Waals surface area contributed by atoms with Crippen LogP contribution in [0.15, 0.2) is 36.5 Å². The molecule has 0 unspecified atom stereocenters. The van der Waals surface area contributed by atoms with Crippen molar-refractivity contribution in [3.63, 3.8) is 0 Å². The molecule has 0 aliphatic carbocycles. The first kappa shape index (κ1) is 23.1. The lowest BCUT2D eigenvalue weighted by molar-refractivity contribution is 0.0520. The van der Waals surface area contributed by atoms with Gasteiger partial charge in [-0.2, -0.15) is 0 Å². The maximum atomic E-state index is 13.1. The van der Waals surface area contributed by atoms with Crippen LogP contribution in [0.25, 0.3) is 0 Å². The molecule has 31 heavy (non-hydrogen) atoms. The molecule has 2 aromatic rings. The van der Waals surface area contributed by atoms with E-state index in [9.17, 15) is 17.6 Å². The molecule has 1 aromatic heterocycles. The summed E-state index contributed by atoms with van der Waals surface area (Å²) in [7, 11) is -3.25. The molecule has 1 N–H and O–H groups in total. The quantitative estimate of drug-likeness (QED) is 0.443. The van der Waals surface area contributed by atoms with E-state index in [2.05, 4.69) is 10.3 Å². The second-order valence-corrected chi connectivity index (χ2v) is 9.55. The summed E-state index contributed by atoms with van der Waals surface area (Å²) < 4.78 is 44.5. The molecule has 1 saturated heterocycles. The van der Waals surface area contributed by atoms with Gasteiger partial charge >= 0.3 is 5.97 Å². The smallest absolute Gasteiger partial charge is 0.359 e. The molecule has 0 saturated carbocycles. The number of esters is 1. The standard InChI is InChI=1S/C22H28FN3O4S/c1-2-30-22(27)21-20(24-10-5-13-31(28,29)26-11-3-4-12-26)15-18(16-25-21)14-17-6-8-19(23)9-7-17/h6-9,15-16,24H,2-5,10-14H2,1H3. The van der Waals surface area contributed by atoms with Crippen LogP contribution >= 0.6 is 0 Å². The van der Waals surface area contributed by atoms with Crippen LogP contribution in [-0.2, 0) is 21.2 Å². The van der Waals surface area contributed by atoms with Crippen molar-refractivity contribution in [1.82, 2.24) is 9.29 Å². The van der Waals surface area contributed by atoms with E-state index in [-0.39, 0.29) is 23.9 Å². The van der Waals surface area contributed by atoms with E-state index in [1.165, 1.54) is 12.1 Å². The molecular weight excluding hydrogens is 421 g/mol. The van der Waals surface area contributed by atoms with Crippen LogP contribution in [0.3, 0.4) is 0 Å². The molecule has 2 heterocycles. The van der Waals surface area contributed by atoms with E-state index in [1.807, 2.05) is 0 Å². The third kappa shape index (κ3) is 6.48. The molecule has 0 amide bonds. The molecule has 168 valence electrons. The summed E-state index contributed by atoms with van der Waals surface area (Å²) in [6.07, 6.45) is 4.34. The number of anilines is 1. The van der Waals surface area contributed by atoms with Gasteiger partial charge in [-0.1, -0.05) is 12.1 Å². The summed E-state index contributed by atoms with van der Waals surface area (Å²) in [5.74, 6) is -0.786. The van der Waals surface area contributed by atoms with Crippen molar-refractivity contribution in [2.75, 3.05) is 37.3 Å². The number of hydrogen-bond donors (Lipinski definition) is 1. The van der Waals surface area contributed by atoms with Crippen LogP contribution in [0.5, 0.6) is 0 Å². The molecule has 0 radical (unpaired) electrons. The van der Waals surface area contributed by atoms with E-state index in [0.717, 1.165) is 24.0 Å². The maximum absolute atomic E-state index is 13.1. The lowest BCUT2D eigenvalue weighted by Crippen LogP contribution is -2.30. The van der Waals surface area contributed by atoms with Crippen LogP contribution in [0.4, 0.5) is 10.1 Å². The molecule has 0 bridgehead atoms. The van der Waals surface area contributed by atoms with Crippen molar-refractivity contribution in [1.29, 1.82) is 0 Å². The fourth-order valence-electron chi connectivity index (χ4n) is 3.51. The van der Waals surface area contributed by atoms with Gasteiger partial charge in [0.05, 0.1) is 18.0 Å². The third-order valence-electron chi connectivity index (χ3n) is 5.09. The van der Waals surface area contributed by atoms with Gasteiger partial charge in [-0.3, -0.25) is 0 Å². The van der Waals surface area contributed by atoms with Gasteiger partial charge in [0, 0.05) is 25.8 Å². The van der Waals surface area contributed by atoms with E-state index in [0.29, 0.717) is 38.2 Å². The van der Waals surface area contributed by atoms with Crippen molar-refractivity contribution in [3.05, 3.63) is 59.2 Å². The topological polar surface area (TPSA) is 88.6 Å². The summed E-state index contributed by atoms with van der Waals surface area (Å²) in [5, 5.41) is 3.14. The maximum Gasteiger partial charge on any atom is 0.359 e. The molecule has 0 atom stereocenters. The number of carbonyl (C=O) groups is 1. The number of nitrogens with zero attached hydrogens (tertiary/aromatic N) is 2. The second kappa shape index (κ2) is 10.7. The molecule has 0 spiro atoms. The van der Waals surface area contributed by atoms with E-state index in [1.54, 1.807) is 35.6 Å². The zero-order valence-corrected chi connectivity index (χ0v) is 18.5. The normalized spacial score (nSPS) is 14.5. The molecule has 1 aliphatic heterocycles. The Kier molecular flexibility index (Phi) is 7.97. The number of benzene rings is 1. The highest BCUT2D eigenvalue weighted by atomic mass is 32.2. The van der Waals surface area contributed by atoms with Crippen molar-refractivity contribution >= 4 is 21.7 Å². The molecule has 1 aliphatic rings. The average Bonchev–Trinajstić information content (AvgIpc) is 3.29. The van der Waals surface area contributed by atoms with E-state index in [4.69, 9.17) is 4.74 Å². The Balaban J connectivity index is 1.67. The molecule has 1 aromatic carbocycles. The Morgan fingerprint density at radius 3 is 2.58 bits per heavy atom. The van der Waals surface area contributed by atoms with Crippen molar-refractivity contribution < 1.29 is 22.3 Å². The van der Waals surface area contributed by atoms with Gasteiger partial charge in [-0.05, 0) is 61.9 Å². The molecule has 3 rings (SSSR count). The lowest BCUT2D eigenvalue weighted by Gasteiger charge is -2.16. The van der Waals surface area contributed by atoms with Gasteiger partial charge < -0.3 is 10.1 Å². The number of sulfonamides is 1. The molecular formula is C22H28FN3O4S. The Morgan fingerprint density at radius 2 is 1.90 bits per heavy atom. The minimum absolute atomic E-state index is 0.0530. The SMILES string of the molecule is CCOC(=O)c1ncc(Cc2ccc(F)cc2)cc1NCCCS(=O)(=O)N1CCCC1. The molecule has 7 nitrogen and oxygen atoms in total. The number of rotatable bonds is 10. The number of carbonyl (C=O) groups excluding carboxylic acids is 1. The fourth-order valence-corrected chi connectivity index (χ4v) is 5.09. The minimum atomic E-state index is -3.25. The Bertz CT molecular complexity index is 990.